The van der Waals surface area contributed by atoms with Crippen LogP contribution in [-0.2, 0) is 4.79 Å². The lowest BCUT2D eigenvalue weighted by atomic mass is 10.0. The number of nitrogens with one attached hydrogen (secondary N) is 1. The maximum Gasteiger partial charge on any atom is 0.149 e. The van der Waals surface area contributed by atoms with Crippen LogP contribution in [0.2, 0.25) is 5.02 Å². The van der Waals surface area contributed by atoms with Crippen molar-refractivity contribution in [1.82, 2.24) is 0 Å². The first-order valence-corrected chi connectivity index (χ1v) is 5.42. The number of benzene rings is 1. The maximum absolute atomic E-state index is 10.7. The average Bonchev–Trinajstić information content (AvgIpc) is 2.28. The van der Waals surface area contributed by atoms with Crippen molar-refractivity contribution in [2.45, 2.75) is 5.50 Å². The number of carbonyl (C=O) groups excluding carboxylic acids is 1. The van der Waals surface area contributed by atoms with Crippen molar-refractivity contribution in [3.8, 4) is 5.75 Å². The van der Waals surface area contributed by atoms with E-state index in [9.17, 15) is 4.79 Å². The van der Waals surface area contributed by atoms with Crippen LogP contribution in [0.4, 0.5) is 5.69 Å². The van der Waals surface area contributed by atoms with E-state index in [2.05, 4.69) is 5.32 Å². The van der Waals surface area contributed by atoms with E-state index in [0.717, 1.165) is 17.5 Å². The number of methoxy groups -OCH3 is 1. The lowest BCUT2D eigenvalue weighted by Gasteiger charge is -2.21. The van der Waals surface area contributed by atoms with E-state index in [1.165, 1.54) is 0 Å². The largest absolute Gasteiger partial charge is 0.495 e. The molecule has 0 bridgehead atoms. The Balaban J connectivity index is 2.52. The molecule has 1 heterocycles. The van der Waals surface area contributed by atoms with E-state index in [1.54, 1.807) is 25.3 Å². The first-order chi connectivity index (χ1) is 7.65. The zero-order valence-electron chi connectivity index (χ0n) is 8.46. The first kappa shape index (κ1) is 11.3. The van der Waals surface area contributed by atoms with E-state index in [4.69, 9.17) is 27.9 Å². The fourth-order valence-corrected chi connectivity index (χ4v) is 2.02. The number of anilines is 1. The summed E-state index contributed by atoms with van der Waals surface area (Å²) in [5.41, 5.74) is 1.59. The van der Waals surface area contributed by atoms with Crippen molar-refractivity contribution in [1.29, 1.82) is 0 Å². The minimum Gasteiger partial charge on any atom is -0.495 e. The molecule has 1 aromatic rings. The van der Waals surface area contributed by atoms with Crippen molar-refractivity contribution < 1.29 is 9.53 Å². The van der Waals surface area contributed by atoms with Gasteiger partial charge in [0, 0.05) is 17.3 Å². The normalized spacial score (nSPS) is 18.2. The summed E-state index contributed by atoms with van der Waals surface area (Å²) >= 11 is 11.9. The average molecular weight is 258 g/mol. The molecule has 1 aliphatic heterocycles. The highest BCUT2D eigenvalue weighted by atomic mass is 35.5. The number of hydrogen-bond donors (Lipinski definition) is 1. The molecule has 0 aromatic heterocycles. The molecule has 5 heteroatoms. The van der Waals surface area contributed by atoms with Crippen molar-refractivity contribution >= 4 is 41.3 Å². The Morgan fingerprint density at radius 3 is 2.88 bits per heavy atom. The Labute approximate surface area is 103 Å². The monoisotopic (exact) mass is 257 g/mol. The Morgan fingerprint density at radius 2 is 2.25 bits per heavy atom. The van der Waals surface area contributed by atoms with Crippen LogP contribution in [-0.4, -0.2) is 18.9 Å². The van der Waals surface area contributed by atoms with Gasteiger partial charge in [-0.15, -0.1) is 0 Å². The summed E-state index contributed by atoms with van der Waals surface area (Å²) in [5, 5.41) is 3.49. The lowest BCUT2D eigenvalue weighted by Crippen LogP contribution is -2.20. The van der Waals surface area contributed by atoms with Crippen LogP contribution in [0.3, 0.4) is 0 Å². The fraction of sp³-hybridized carbons (Fsp3) is 0.182. The van der Waals surface area contributed by atoms with E-state index >= 15 is 0 Å². The third kappa shape index (κ3) is 1.88. The highest BCUT2D eigenvalue weighted by molar-refractivity contribution is 6.32. The van der Waals surface area contributed by atoms with Crippen LogP contribution in [0.25, 0.3) is 6.08 Å². The quantitative estimate of drug-likeness (QED) is 0.503. The molecule has 0 amide bonds. The van der Waals surface area contributed by atoms with Gasteiger partial charge in [0.1, 0.15) is 17.5 Å². The molecule has 1 aliphatic rings. The van der Waals surface area contributed by atoms with E-state index in [-0.39, 0.29) is 0 Å². The van der Waals surface area contributed by atoms with Crippen molar-refractivity contribution in [3.05, 3.63) is 28.3 Å². The molecule has 0 radical (unpaired) electrons. The van der Waals surface area contributed by atoms with Gasteiger partial charge in [-0.3, -0.25) is 4.79 Å². The van der Waals surface area contributed by atoms with E-state index in [1.807, 2.05) is 0 Å². The van der Waals surface area contributed by atoms with E-state index < -0.39 is 5.50 Å². The summed E-state index contributed by atoms with van der Waals surface area (Å²) in [7, 11) is 1.54. The summed E-state index contributed by atoms with van der Waals surface area (Å²) in [6.45, 7) is 0. The molecular weight excluding hydrogens is 249 g/mol. The molecule has 0 spiro atoms. The Bertz CT molecular complexity index is 471. The second kappa shape index (κ2) is 4.36. The number of alkyl halides is 1. The number of rotatable bonds is 2. The van der Waals surface area contributed by atoms with Gasteiger partial charge >= 0.3 is 0 Å². The fourth-order valence-electron chi connectivity index (χ4n) is 1.54. The molecule has 0 saturated heterocycles. The van der Waals surface area contributed by atoms with Gasteiger partial charge in [-0.1, -0.05) is 23.2 Å². The van der Waals surface area contributed by atoms with Crippen LogP contribution in [0.15, 0.2) is 17.7 Å². The second-order valence-corrected chi connectivity index (χ2v) is 4.19. The van der Waals surface area contributed by atoms with Gasteiger partial charge in [-0.25, -0.2) is 0 Å². The van der Waals surface area contributed by atoms with Gasteiger partial charge < -0.3 is 10.1 Å². The van der Waals surface area contributed by atoms with Gasteiger partial charge in [0.05, 0.1) is 12.1 Å². The molecule has 2 rings (SSSR count). The van der Waals surface area contributed by atoms with Crippen molar-refractivity contribution in [2.75, 3.05) is 12.4 Å². The highest BCUT2D eigenvalue weighted by Gasteiger charge is 2.19. The second-order valence-electron chi connectivity index (χ2n) is 3.34. The molecule has 0 aliphatic carbocycles. The summed E-state index contributed by atoms with van der Waals surface area (Å²) in [5.74, 6) is 0.569. The molecule has 3 nitrogen and oxygen atoms in total. The maximum atomic E-state index is 10.7. The Kier molecular flexibility index (Phi) is 3.08. The molecule has 1 N–H and O–H groups in total. The number of hydrogen-bond acceptors (Lipinski definition) is 3. The van der Waals surface area contributed by atoms with Gasteiger partial charge in [0.2, 0.25) is 0 Å². The molecule has 16 heavy (non-hydrogen) atoms. The standard InChI is InChI=1S/C11H9Cl2NO2/c1-16-10-4-9-6(3-8(10)12)2-7(5-15)11(13)14-9/h2-5,11,14H,1H3. The first-order valence-electron chi connectivity index (χ1n) is 4.60. The van der Waals surface area contributed by atoms with Crippen LogP contribution >= 0.6 is 23.2 Å². The zero-order valence-corrected chi connectivity index (χ0v) is 9.97. The summed E-state index contributed by atoms with van der Waals surface area (Å²) < 4.78 is 5.09. The van der Waals surface area contributed by atoms with Gasteiger partial charge in [-0.2, -0.15) is 0 Å². The molecule has 84 valence electrons. The number of aldehydes is 1. The van der Waals surface area contributed by atoms with Crippen LogP contribution in [0.1, 0.15) is 5.56 Å². The Morgan fingerprint density at radius 1 is 1.50 bits per heavy atom. The Hall–Kier alpha value is -1.19. The molecule has 0 fully saturated rings. The molecule has 1 aromatic carbocycles. The highest BCUT2D eigenvalue weighted by Crippen LogP contribution is 2.35. The number of ether oxygens (including phenoxy) is 1. The predicted molar refractivity (Wildman–Crippen MR) is 65.3 cm³/mol. The lowest BCUT2D eigenvalue weighted by molar-refractivity contribution is -0.104. The molecule has 1 atom stereocenters. The molecule has 1 unspecified atom stereocenters. The molecular formula is C11H9Cl2NO2. The third-order valence-electron chi connectivity index (χ3n) is 2.36. The minimum absolute atomic E-state index is 0.482. The van der Waals surface area contributed by atoms with Crippen LogP contribution < -0.4 is 10.1 Å². The van der Waals surface area contributed by atoms with Gasteiger partial charge in [0.25, 0.3) is 0 Å². The van der Waals surface area contributed by atoms with Crippen LogP contribution in [0, 0.1) is 0 Å². The summed E-state index contributed by atoms with van der Waals surface area (Å²) in [4.78, 5) is 10.7. The smallest absolute Gasteiger partial charge is 0.149 e. The SMILES string of the molecule is COc1cc2c(cc1Cl)C=C(C=O)C(Cl)N2. The third-order valence-corrected chi connectivity index (χ3v) is 3.01. The summed E-state index contributed by atoms with van der Waals surface area (Å²) in [6.07, 6.45) is 2.44. The minimum atomic E-state index is -0.518. The summed E-state index contributed by atoms with van der Waals surface area (Å²) in [6, 6.07) is 3.49. The van der Waals surface area contributed by atoms with Gasteiger partial charge in [0.15, 0.2) is 0 Å². The zero-order chi connectivity index (χ0) is 11.7. The number of fused-ring (bicyclic) bond motifs is 1. The van der Waals surface area contributed by atoms with Crippen LogP contribution in [0.5, 0.6) is 5.75 Å². The van der Waals surface area contributed by atoms with Crippen molar-refractivity contribution in [3.63, 3.8) is 0 Å². The molecule has 0 saturated carbocycles. The van der Waals surface area contributed by atoms with Crippen molar-refractivity contribution in [2.24, 2.45) is 0 Å². The topological polar surface area (TPSA) is 38.3 Å². The number of halogens is 2. The van der Waals surface area contributed by atoms with Gasteiger partial charge in [-0.05, 0) is 17.7 Å². The predicted octanol–water partition coefficient (Wildman–Crippen LogP) is 2.92. The number of carbonyl (C=O) groups is 1. The van der Waals surface area contributed by atoms with E-state index in [0.29, 0.717) is 16.3 Å².